The molecule has 4 nitrogen and oxygen atoms in total. The number of carboxylic acids is 1. The summed E-state index contributed by atoms with van der Waals surface area (Å²) in [7, 11) is 0. The predicted octanol–water partition coefficient (Wildman–Crippen LogP) is 4.08. The van der Waals surface area contributed by atoms with Gasteiger partial charge in [0.1, 0.15) is 0 Å². The summed E-state index contributed by atoms with van der Waals surface area (Å²) in [6.45, 7) is 0. The minimum absolute atomic E-state index is 0.0943. The van der Waals surface area contributed by atoms with Crippen molar-refractivity contribution in [3.63, 3.8) is 0 Å². The zero-order valence-corrected chi connectivity index (χ0v) is 13.4. The maximum absolute atomic E-state index is 11.0. The molecule has 0 radical (unpaired) electrons. The molecule has 4 N–H and O–H groups in total. The Bertz CT molecular complexity index is 647. The number of nitrogens with two attached hydrogens (primary N) is 1. The monoisotopic (exact) mass is 432 g/mol. The molecule has 19 heavy (non-hydrogen) atoms. The van der Waals surface area contributed by atoms with Crippen LogP contribution in [0, 0.1) is 3.57 Å². The quantitative estimate of drug-likeness (QED) is 0.504. The molecule has 0 atom stereocenters. The maximum Gasteiger partial charge on any atom is 0.337 e. The average molecular weight is 433 g/mol. The van der Waals surface area contributed by atoms with Crippen LogP contribution in [-0.2, 0) is 0 Å². The molecule has 0 aliphatic carbocycles. The lowest BCUT2D eigenvalue weighted by atomic mass is 10.1. The standard InChI is InChI=1S/C13H10BrIN2O2/c14-10-3-1-8(6-11(10)15)17-7-2-4-12(16)9(5-7)13(18)19/h1-6,17H,16H2,(H,18,19). The molecule has 0 aliphatic rings. The smallest absolute Gasteiger partial charge is 0.337 e. The van der Waals surface area contributed by atoms with Gasteiger partial charge in [0.05, 0.1) is 5.56 Å². The highest BCUT2D eigenvalue weighted by Gasteiger charge is 2.09. The van der Waals surface area contributed by atoms with Gasteiger partial charge in [-0.3, -0.25) is 0 Å². The van der Waals surface area contributed by atoms with E-state index in [4.69, 9.17) is 10.8 Å². The number of anilines is 3. The van der Waals surface area contributed by atoms with Gasteiger partial charge >= 0.3 is 5.97 Å². The lowest BCUT2D eigenvalue weighted by Gasteiger charge is -2.09. The fourth-order valence-corrected chi connectivity index (χ4v) is 2.32. The Hall–Kier alpha value is -1.28. The van der Waals surface area contributed by atoms with Crippen LogP contribution in [0.1, 0.15) is 10.4 Å². The number of aromatic carboxylic acids is 1. The third-order valence-corrected chi connectivity index (χ3v) is 4.82. The molecule has 2 aromatic rings. The first-order valence-electron chi connectivity index (χ1n) is 5.32. The number of carboxylic acid groups (broad SMARTS) is 1. The maximum atomic E-state index is 11.0. The van der Waals surface area contributed by atoms with Gasteiger partial charge in [0.25, 0.3) is 0 Å². The van der Waals surface area contributed by atoms with Crippen LogP contribution in [0.15, 0.2) is 40.9 Å². The summed E-state index contributed by atoms with van der Waals surface area (Å²) < 4.78 is 2.08. The van der Waals surface area contributed by atoms with Gasteiger partial charge < -0.3 is 16.2 Å². The van der Waals surface area contributed by atoms with Crippen molar-refractivity contribution in [2.24, 2.45) is 0 Å². The van der Waals surface area contributed by atoms with E-state index in [0.717, 1.165) is 13.7 Å². The Morgan fingerprint density at radius 2 is 1.84 bits per heavy atom. The number of halogens is 2. The zero-order valence-electron chi connectivity index (χ0n) is 9.65. The number of hydrogen-bond donors (Lipinski definition) is 3. The van der Waals surface area contributed by atoms with Gasteiger partial charge in [-0.1, -0.05) is 0 Å². The molecular formula is C13H10BrIN2O2. The Morgan fingerprint density at radius 1 is 1.21 bits per heavy atom. The number of hydrogen-bond acceptors (Lipinski definition) is 3. The van der Waals surface area contributed by atoms with Crippen molar-refractivity contribution in [2.45, 2.75) is 0 Å². The summed E-state index contributed by atoms with van der Waals surface area (Å²) >= 11 is 5.64. The van der Waals surface area contributed by atoms with Crippen molar-refractivity contribution in [1.82, 2.24) is 0 Å². The molecule has 0 aliphatic heterocycles. The van der Waals surface area contributed by atoms with Gasteiger partial charge in [0.2, 0.25) is 0 Å². The summed E-state index contributed by atoms with van der Waals surface area (Å²) in [6.07, 6.45) is 0. The third kappa shape index (κ3) is 3.38. The molecule has 2 rings (SSSR count). The van der Waals surface area contributed by atoms with E-state index in [1.165, 1.54) is 6.07 Å². The molecule has 98 valence electrons. The first-order chi connectivity index (χ1) is 8.97. The minimum Gasteiger partial charge on any atom is -0.478 e. The van der Waals surface area contributed by atoms with E-state index in [2.05, 4.69) is 43.8 Å². The summed E-state index contributed by atoms with van der Waals surface area (Å²) in [5, 5.41) is 12.2. The van der Waals surface area contributed by atoms with E-state index >= 15 is 0 Å². The summed E-state index contributed by atoms with van der Waals surface area (Å²) in [5.41, 5.74) is 7.53. The highest BCUT2D eigenvalue weighted by Crippen LogP contribution is 2.26. The summed E-state index contributed by atoms with van der Waals surface area (Å²) in [4.78, 5) is 11.0. The van der Waals surface area contributed by atoms with Crippen LogP contribution in [0.3, 0.4) is 0 Å². The van der Waals surface area contributed by atoms with Gasteiger partial charge in [-0.2, -0.15) is 0 Å². The predicted molar refractivity (Wildman–Crippen MR) is 88.0 cm³/mol. The van der Waals surface area contributed by atoms with Crippen molar-refractivity contribution in [3.05, 3.63) is 50.0 Å². The van der Waals surface area contributed by atoms with Gasteiger partial charge in [0, 0.05) is 25.1 Å². The molecule has 0 fully saturated rings. The largest absolute Gasteiger partial charge is 0.478 e. The van der Waals surface area contributed by atoms with Crippen molar-refractivity contribution in [1.29, 1.82) is 0 Å². The third-order valence-electron chi connectivity index (χ3n) is 2.49. The van der Waals surface area contributed by atoms with E-state index in [1.54, 1.807) is 12.1 Å². The van der Waals surface area contributed by atoms with E-state index in [9.17, 15) is 4.79 Å². The Labute approximate surface area is 132 Å². The fourth-order valence-electron chi connectivity index (χ4n) is 1.56. The molecule has 0 heterocycles. The first-order valence-corrected chi connectivity index (χ1v) is 7.19. The van der Waals surface area contributed by atoms with Crippen LogP contribution in [0.5, 0.6) is 0 Å². The van der Waals surface area contributed by atoms with E-state index in [1.807, 2.05) is 18.2 Å². The van der Waals surface area contributed by atoms with Crippen LogP contribution in [0.2, 0.25) is 0 Å². The normalized spacial score (nSPS) is 10.2. The lowest BCUT2D eigenvalue weighted by molar-refractivity contribution is 0.0698. The van der Waals surface area contributed by atoms with Crippen LogP contribution in [0.25, 0.3) is 0 Å². The first kappa shape index (κ1) is 14.1. The van der Waals surface area contributed by atoms with Crippen LogP contribution < -0.4 is 11.1 Å². The highest BCUT2D eigenvalue weighted by molar-refractivity contribution is 14.1. The van der Waals surface area contributed by atoms with Crippen molar-refractivity contribution in [3.8, 4) is 0 Å². The zero-order chi connectivity index (χ0) is 14.0. The molecular weight excluding hydrogens is 423 g/mol. The molecule has 0 bridgehead atoms. The van der Waals surface area contributed by atoms with Crippen LogP contribution >= 0.6 is 38.5 Å². The second kappa shape index (κ2) is 5.79. The molecule has 0 spiro atoms. The molecule has 2 aromatic carbocycles. The van der Waals surface area contributed by atoms with E-state index in [-0.39, 0.29) is 11.3 Å². The summed E-state index contributed by atoms with van der Waals surface area (Å²) in [6, 6.07) is 10.6. The molecule has 6 heteroatoms. The number of carbonyl (C=O) groups is 1. The van der Waals surface area contributed by atoms with E-state index in [0.29, 0.717) is 5.69 Å². The minimum atomic E-state index is -1.04. The highest BCUT2D eigenvalue weighted by atomic mass is 127. The molecule has 0 unspecified atom stereocenters. The second-order valence-corrected chi connectivity index (χ2v) is 5.88. The number of nitrogens with one attached hydrogen (secondary N) is 1. The lowest BCUT2D eigenvalue weighted by Crippen LogP contribution is -2.03. The number of benzene rings is 2. The SMILES string of the molecule is Nc1ccc(Nc2ccc(Br)c(I)c2)cc1C(=O)O. The van der Waals surface area contributed by atoms with Gasteiger partial charge in [-0.05, 0) is 74.9 Å². The second-order valence-electron chi connectivity index (χ2n) is 3.86. The average Bonchev–Trinajstić information content (AvgIpc) is 2.36. The van der Waals surface area contributed by atoms with Crippen molar-refractivity contribution < 1.29 is 9.90 Å². The molecule has 0 saturated heterocycles. The number of nitrogen functional groups attached to an aromatic ring is 1. The van der Waals surface area contributed by atoms with Crippen LogP contribution in [-0.4, -0.2) is 11.1 Å². The van der Waals surface area contributed by atoms with Gasteiger partial charge in [-0.25, -0.2) is 4.79 Å². The number of rotatable bonds is 3. The Kier molecular flexibility index (Phi) is 4.31. The Balaban J connectivity index is 2.30. The van der Waals surface area contributed by atoms with Gasteiger partial charge in [-0.15, -0.1) is 0 Å². The molecule has 0 amide bonds. The molecule has 0 saturated carbocycles. The topological polar surface area (TPSA) is 75.3 Å². The van der Waals surface area contributed by atoms with Crippen molar-refractivity contribution >= 4 is 61.6 Å². The van der Waals surface area contributed by atoms with Crippen LogP contribution in [0.4, 0.5) is 17.1 Å². The molecule has 0 aromatic heterocycles. The fraction of sp³-hybridized carbons (Fsp3) is 0. The van der Waals surface area contributed by atoms with Gasteiger partial charge in [0.15, 0.2) is 0 Å². The van der Waals surface area contributed by atoms with E-state index < -0.39 is 5.97 Å². The summed E-state index contributed by atoms with van der Waals surface area (Å²) in [5.74, 6) is -1.04. The Morgan fingerprint density at radius 3 is 2.47 bits per heavy atom. The van der Waals surface area contributed by atoms with Crippen molar-refractivity contribution in [2.75, 3.05) is 11.1 Å².